The van der Waals surface area contributed by atoms with E-state index in [2.05, 4.69) is 20.4 Å². The second kappa shape index (κ2) is 15.6. The van der Waals surface area contributed by atoms with E-state index in [-0.39, 0.29) is 64.3 Å². The molecule has 3 rings (SSSR count). The summed E-state index contributed by atoms with van der Waals surface area (Å²) in [7, 11) is 1.57. The van der Waals surface area contributed by atoms with E-state index in [1.54, 1.807) is 16.0 Å². The van der Waals surface area contributed by atoms with Gasteiger partial charge in [-0.25, -0.2) is 0 Å². The number of fused-ring (bicyclic) bond motifs is 5. The first-order valence-corrected chi connectivity index (χ1v) is 19.3. The second-order valence-electron chi connectivity index (χ2n) is 12.7. The Balaban J connectivity index is 0.000000510. The number of hydrogen-bond donors (Lipinski definition) is 3. The zero-order valence-corrected chi connectivity index (χ0v) is 28.8. The van der Waals surface area contributed by atoms with Gasteiger partial charge in [0.05, 0.1) is 30.5 Å². The zero-order valence-electron chi connectivity index (χ0n) is 25.9. The Morgan fingerprint density at radius 3 is 2.26 bits per heavy atom. The SMILES string of the molecule is C=C[C@@H](O)[C@@H](OC(C)C)[C@H]1C[C@]2(O)O[C@H]([C@@H]1C)[C@H](OCOC)[C@@H]1CC[C@]2(O)C1(C)C.CCC[CH2][Sn][CH2]CCC. The first-order valence-electron chi connectivity index (χ1n) is 15.2. The average molecular weight is 662 g/mol. The van der Waals surface area contributed by atoms with Crippen LogP contribution in [0.3, 0.4) is 0 Å². The van der Waals surface area contributed by atoms with Crippen LogP contribution in [0.1, 0.15) is 93.4 Å². The zero-order chi connectivity index (χ0) is 29.4. The standard InChI is InChI=1S/C23H40O7.2C4H9.Sn/c1-8-17(24)19(29-13(2)3)15-11-23(26)22(25)10-9-16(21(22,5)6)20(28-12-27-7)18(30-23)14(15)4;2*1-3-4-2;/h8,13-20,24-26H,1,9-12H2,2-7H3;2*1,3-4H2,2H3;/t14-,15+,16+,17-,18-,19+,20-,22+,23+;;;/m1.../s1. The van der Waals surface area contributed by atoms with E-state index in [4.69, 9.17) is 18.9 Å². The van der Waals surface area contributed by atoms with Crippen LogP contribution in [0.5, 0.6) is 0 Å². The number of methoxy groups -OCH3 is 1. The molecule has 0 aromatic rings. The first kappa shape index (κ1) is 35.5. The molecule has 2 aliphatic heterocycles. The molecule has 8 heteroatoms. The molecule has 0 spiro atoms. The van der Waals surface area contributed by atoms with Crippen molar-refractivity contribution >= 4 is 21.1 Å². The third kappa shape index (κ3) is 7.81. The van der Waals surface area contributed by atoms with E-state index < -0.39 is 35.1 Å². The molecule has 3 N–H and O–H groups in total. The summed E-state index contributed by atoms with van der Waals surface area (Å²) >= 11 is 0.149. The molecule has 0 aromatic heterocycles. The second-order valence-corrected chi connectivity index (χ2v) is 17.0. The molecular formula is C31H58O7Sn. The Morgan fingerprint density at radius 2 is 1.74 bits per heavy atom. The minimum atomic E-state index is -1.77. The Kier molecular flexibility index (Phi) is 14.2. The van der Waals surface area contributed by atoms with Crippen LogP contribution in [0, 0.1) is 23.2 Å². The summed E-state index contributed by atoms with van der Waals surface area (Å²) < 4.78 is 27.0. The van der Waals surface area contributed by atoms with Gasteiger partial charge in [-0.05, 0) is 44.4 Å². The van der Waals surface area contributed by atoms with Crippen molar-refractivity contribution in [2.45, 2.75) is 144 Å². The molecule has 1 aliphatic carbocycles. The third-order valence-corrected chi connectivity index (χ3v) is 13.5. The molecule has 2 heterocycles. The molecule has 7 nitrogen and oxygen atoms in total. The molecule has 1 saturated carbocycles. The van der Waals surface area contributed by atoms with Crippen LogP contribution in [-0.4, -0.2) is 92.3 Å². The van der Waals surface area contributed by atoms with Gasteiger partial charge < -0.3 is 34.3 Å². The Hall–Kier alpha value is 0.259. The summed E-state index contributed by atoms with van der Waals surface area (Å²) in [6.07, 6.45) is 6.19. The molecule has 228 valence electrons. The van der Waals surface area contributed by atoms with E-state index in [9.17, 15) is 15.3 Å². The van der Waals surface area contributed by atoms with Crippen molar-refractivity contribution in [1.29, 1.82) is 0 Å². The van der Waals surface area contributed by atoms with E-state index >= 15 is 0 Å². The first-order chi connectivity index (χ1) is 18.3. The fourth-order valence-corrected chi connectivity index (χ4v) is 11.2. The molecule has 3 aliphatic rings. The predicted octanol–water partition coefficient (Wildman–Crippen LogP) is 5.35. The molecular weight excluding hydrogens is 603 g/mol. The van der Waals surface area contributed by atoms with Crippen LogP contribution in [0.25, 0.3) is 0 Å². The topological polar surface area (TPSA) is 97.6 Å². The summed E-state index contributed by atoms with van der Waals surface area (Å²) in [5, 5.41) is 34.3. The molecule has 9 atom stereocenters. The van der Waals surface area contributed by atoms with Crippen LogP contribution < -0.4 is 0 Å². The van der Waals surface area contributed by atoms with Crippen LogP contribution in [-0.2, 0) is 18.9 Å². The van der Waals surface area contributed by atoms with E-state index in [0.29, 0.717) is 6.42 Å². The van der Waals surface area contributed by atoms with Crippen molar-refractivity contribution in [3.8, 4) is 0 Å². The van der Waals surface area contributed by atoms with Gasteiger partial charge in [-0.2, -0.15) is 0 Å². The molecule has 39 heavy (non-hydrogen) atoms. The summed E-state index contributed by atoms with van der Waals surface area (Å²) in [6.45, 7) is 18.3. The maximum atomic E-state index is 11.8. The van der Waals surface area contributed by atoms with E-state index in [1.807, 2.05) is 34.6 Å². The van der Waals surface area contributed by atoms with Gasteiger partial charge in [0, 0.05) is 18.9 Å². The van der Waals surface area contributed by atoms with Crippen LogP contribution in [0.4, 0.5) is 0 Å². The Bertz CT molecular complexity index is 728. The molecule has 3 fully saturated rings. The number of rotatable bonds is 14. The van der Waals surface area contributed by atoms with Gasteiger partial charge >= 0.3 is 69.5 Å². The summed E-state index contributed by atoms with van der Waals surface area (Å²) in [6, 6.07) is 0. The molecule has 0 aromatic carbocycles. The third-order valence-electron chi connectivity index (χ3n) is 9.44. The van der Waals surface area contributed by atoms with Crippen LogP contribution in [0.15, 0.2) is 12.7 Å². The minimum absolute atomic E-state index is 0.00771. The van der Waals surface area contributed by atoms with Crippen molar-refractivity contribution in [3.63, 3.8) is 0 Å². The molecule has 2 radical (unpaired) electrons. The average Bonchev–Trinajstić information content (AvgIpc) is 3.12. The monoisotopic (exact) mass is 662 g/mol. The fraction of sp³-hybridized carbons (Fsp3) is 0.935. The van der Waals surface area contributed by atoms with Crippen LogP contribution in [0.2, 0.25) is 8.87 Å². The van der Waals surface area contributed by atoms with Crippen molar-refractivity contribution in [3.05, 3.63) is 12.7 Å². The Labute approximate surface area is 248 Å². The predicted molar refractivity (Wildman–Crippen MR) is 157 cm³/mol. The van der Waals surface area contributed by atoms with E-state index in [1.165, 1.54) is 31.8 Å². The molecule has 4 bridgehead atoms. The number of aliphatic hydroxyl groups excluding tert-OH is 1. The quantitative estimate of drug-likeness (QED) is 0.1000. The van der Waals surface area contributed by atoms with Gasteiger partial charge in [0.25, 0.3) is 0 Å². The van der Waals surface area contributed by atoms with Crippen molar-refractivity contribution in [1.82, 2.24) is 0 Å². The summed E-state index contributed by atoms with van der Waals surface area (Å²) in [5.41, 5.74) is -2.07. The fourth-order valence-electron chi connectivity index (χ4n) is 7.00. The van der Waals surface area contributed by atoms with Gasteiger partial charge in [0.15, 0.2) is 5.79 Å². The van der Waals surface area contributed by atoms with Gasteiger partial charge in [-0.1, -0.05) is 26.8 Å². The molecule has 0 unspecified atom stereocenters. The number of hydrogen-bond acceptors (Lipinski definition) is 7. The molecule has 2 saturated heterocycles. The summed E-state index contributed by atoms with van der Waals surface area (Å²) in [5.74, 6) is -2.13. The number of ether oxygens (including phenoxy) is 4. The van der Waals surface area contributed by atoms with Crippen molar-refractivity contribution in [2.24, 2.45) is 23.2 Å². The van der Waals surface area contributed by atoms with Crippen LogP contribution >= 0.6 is 0 Å². The van der Waals surface area contributed by atoms with Gasteiger partial charge in [-0.15, -0.1) is 6.58 Å². The normalized spacial score (nSPS) is 36.6. The number of aliphatic hydroxyl groups is 3. The van der Waals surface area contributed by atoms with Gasteiger partial charge in [0.1, 0.15) is 12.4 Å². The van der Waals surface area contributed by atoms with Gasteiger partial charge in [-0.3, -0.25) is 0 Å². The Morgan fingerprint density at radius 1 is 1.13 bits per heavy atom. The van der Waals surface area contributed by atoms with Gasteiger partial charge in [0.2, 0.25) is 0 Å². The maximum absolute atomic E-state index is 11.8. The van der Waals surface area contributed by atoms with Crippen molar-refractivity contribution in [2.75, 3.05) is 13.9 Å². The number of unbranched alkanes of at least 4 members (excludes halogenated alkanes) is 2. The van der Waals surface area contributed by atoms with Crippen molar-refractivity contribution < 1.29 is 34.3 Å². The molecule has 0 amide bonds. The van der Waals surface area contributed by atoms with E-state index in [0.717, 1.165) is 6.42 Å². The summed E-state index contributed by atoms with van der Waals surface area (Å²) in [4.78, 5) is 0.